The first-order valence-electron chi connectivity index (χ1n) is 9.38. The van der Waals surface area contributed by atoms with Gasteiger partial charge in [0, 0.05) is 23.6 Å². The lowest BCUT2D eigenvalue weighted by Gasteiger charge is -2.11. The van der Waals surface area contributed by atoms with Gasteiger partial charge in [0.25, 0.3) is 0 Å². The van der Waals surface area contributed by atoms with Crippen LogP contribution in [-0.2, 0) is 11.2 Å². The number of halogens is 3. The number of aryl methyl sites for hydroxylation is 1. The normalized spacial score (nSPS) is 11.0. The summed E-state index contributed by atoms with van der Waals surface area (Å²) < 4.78 is 34.8. The second-order valence-electron chi connectivity index (χ2n) is 6.68. The number of nitrogens with one attached hydrogen (secondary N) is 1. The lowest BCUT2D eigenvalue weighted by molar-refractivity contribution is 0.0599. The number of carbonyl (C=O) groups excluding carboxylic acids is 1. The SMILES string of the molecule is CCc1cc(Nc2nccn3c(-c4ccc(Cl)c(F)c4F)cnc23)ccc1C(=O)OC. The summed E-state index contributed by atoms with van der Waals surface area (Å²) in [6.45, 7) is 1.94. The maximum Gasteiger partial charge on any atom is 0.338 e. The number of aromatic nitrogens is 3. The van der Waals surface area contributed by atoms with Crippen molar-refractivity contribution in [1.29, 1.82) is 0 Å². The van der Waals surface area contributed by atoms with Gasteiger partial charge in [0.1, 0.15) is 0 Å². The number of benzene rings is 2. The average Bonchev–Trinajstić information content (AvgIpc) is 3.22. The van der Waals surface area contributed by atoms with Crippen molar-refractivity contribution in [2.45, 2.75) is 13.3 Å². The zero-order valence-electron chi connectivity index (χ0n) is 16.6. The van der Waals surface area contributed by atoms with E-state index in [0.717, 1.165) is 5.56 Å². The molecule has 0 saturated heterocycles. The lowest BCUT2D eigenvalue weighted by atomic mass is 10.0. The molecule has 0 atom stereocenters. The van der Waals surface area contributed by atoms with Crippen molar-refractivity contribution in [3.8, 4) is 11.3 Å². The van der Waals surface area contributed by atoms with E-state index in [0.29, 0.717) is 34.8 Å². The first-order chi connectivity index (χ1) is 14.9. The first kappa shape index (κ1) is 20.7. The van der Waals surface area contributed by atoms with E-state index in [4.69, 9.17) is 16.3 Å². The molecule has 0 spiro atoms. The maximum absolute atomic E-state index is 14.4. The molecule has 0 bridgehead atoms. The molecule has 0 radical (unpaired) electrons. The third-order valence-electron chi connectivity index (χ3n) is 4.89. The first-order valence-corrected chi connectivity index (χ1v) is 9.76. The van der Waals surface area contributed by atoms with Gasteiger partial charge in [0.05, 0.1) is 29.6 Å². The number of anilines is 2. The summed E-state index contributed by atoms with van der Waals surface area (Å²) in [5.74, 6) is -2.15. The zero-order chi connectivity index (χ0) is 22.1. The summed E-state index contributed by atoms with van der Waals surface area (Å²) in [6, 6.07) is 7.93. The van der Waals surface area contributed by atoms with Gasteiger partial charge in [-0.15, -0.1) is 0 Å². The second kappa shape index (κ2) is 8.31. The molecule has 158 valence electrons. The van der Waals surface area contributed by atoms with Crippen molar-refractivity contribution in [2.24, 2.45) is 0 Å². The quantitative estimate of drug-likeness (QED) is 0.330. The molecule has 2 aromatic carbocycles. The molecule has 0 unspecified atom stereocenters. The molecule has 0 amide bonds. The number of hydrogen-bond acceptors (Lipinski definition) is 5. The van der Waals surface area contributed by atoms with Crippen LogP contribution < -0.4 is 5.32 Å². The molecular formula is C22H17ClF2N4O2. The number of carbonyl (C=O) groups is 1. The van der Waals surface area contributed by atoms with E-state index in [1.54, 1.807) is 22.7 Å². The molecule has 31 heavy (non-hydrogen) atoms. The van der Waals surface area contributed by atoms with Gasteiger partial charge in [-0.25, -0.2) is 23.5 Å². The Labute approximate surface area is 181 Å². The van der Waals surface area contributed by atoms with Crippen LogP contribution in [-0.4, -0.2) is 27.4 Å². The number of fused-ring (bicyclic) bond motifs is 1. The monoisotopic (exact) mass is 442 g/mol. The third kappa shape index (κ3) is 3.70. The van der Waals surface area contributed by atoms with Gasteiger partial charge < -0.3 is 10.1 Å². The average molecular weight is 443 g/mol. The molecule has 0 aliphatic heterocycles. The minimum Gasteiger partial charge on any atom is -0.465 e. The van der Waals surface area contributed by atoms with Crippen LogP contribution in [0.2, 0.25) is 5.02 Å². The van der Waals surface area contributed by atoms with Gasteiger partial charge in [0.2, 0.25) is 0 Å². The van der Waals surface area contributed by atoms with Crippen molar-refractivity contribution in [3.63, 3.8) is 0 Å². The number of rotatable bonds is 5. The molecule has 0 fully saturated rings. The van der Waals surface area contributed by atoms with Crippen molar-refractivity contribution in [3.05, 3.63) is 76.7 Å². The smallest absolute Gasteiger partial charge is 0.338 e. The predicted molar refractivity (Wildman–Crippen MR) is 114 cm³/mol. The Kier molecular flexibility index (Phi) is 5.56. The summed E-state index contributed by atoms with van der Waals surface area (Å²) in [4.78, 5) is 20.6. The molecule has 0 saturated carbocycles. The van der Waals surface area contributed by atoms with Gasteiger partial charge in [-0.1, -0.05) is 18.5 Å². The van der Waals surface area contributed by atoms with E-state index in [1.165, 1.54) is 31.6 Å². The van der Waals surface area contributed by atoms with Crippen LogP contribution in [0.1, 0.15) is 22.8 Å². The Hall–Kier alpha value is -3.52. The second-order valence-corrected chi connectivity index (χ2v) is 7.09. The van der Waals surface area contributed by atoms with E-state index < -0.39 is 17.6 Å². The Bertz CT molecular complexity index is 1310. The lowest BCUT2D eigenvalue weighted by Crippen LogP contribution is -2.06. The summed E-state index contributed by atoms with van der Waals surface area (Å²) in [5, 5.41) is 2.88. The largest absolute Gasteiger partial charge is 0.465 e. The maximum atomic E-state index is 14.4. The van der Waals surface area contributed by atoms with E-state index in [2.05, 4.69) is 15.3 Å². The number of nitrogens with zero attached hydrogens (tertiary/aromatic N) is 3. The van der Waals surface area contributed by atoms with E-state index >= 15 is 0 Å². The van der Waals surface area contributed by atoms with Crippen molar-refractivity contribution in [2.75, 3.05) is 12.4 Å². The topological polar surface area (TPSA) is 68.5 Å². The molecule has 1 N–H and O–H groups in total. The Morgan fingerprint density at radius 2 is 2.00 bits per heavy atom. The van der Waals surface area contributed by atoms with E-state index in [-0.39, 0.29) is 10.6 Å². The molecule has 4 rings (SSSR count). The van der Waals surface area contributed by atoms with Crippen molar-refractivity contribution >= 4 is 34.7 Å². The molecule has 2 heterocycles. The molecule has 2 aromatic heterocycles. The standard InChI is InChI=1S/C22H17ClF2N4O2/c1-3-12-10-13(4-5-14(12)22(30)31-2)28-20-21-27-11-17(29(21)9-8-26-20)15-6-7-16(23)19(25)18(15)24/h4-11H,3H2,1-2H3,(H,26,28). The molecule has 9 heteroatoms. The Morgan fingerprint density at radius 1 is 1.19 bits per heavy atom. The summed E-state index contributed by atoms with van der Waals surface area (Å²) in [7, 11) is 1.34. The van der Waals surface area contributed by atoms with Crippen LogP contribution in [0.5, 0.6) is 0 Å². The predicted octanol–water partition coefficient (Wildman–Crippen LogP) is 5.42. The number of hydrogen-bond donors (Lipinski definition) is 1. The molecular weight excluding hydrogens is 426 g/mol. The number of esters is 1. The summed E-state index contributed by atoms with van der Waals surface area (Å²) >= 11 is 5.66. The van der Waals surface area contributed by atoms with E-state index in [1.807, 2.05) is 13.0 Å². The minimum atomic E-state index is -1.11. The van der Waals surface area contributed by atoms with Gasteiger partial charge in [-0.2, -0.15) is 0 Å². The Balaban J connectivity index is 1.74. The highest BCUT2D eigenvalue weighted by Gasteiger charge is 2.18. The summed E-state index contributed by atoms with van der Waals surface area (Å²) in [6.07, 6.45) is 5.19. The number of imidazole rings is 1. The van der Waals surface area contributed by atoms with Gasteiger partial charge in [0.15, 0.2) is 23.1 Å². The van der Waals surface area contributed by atoms with Crippen LogP contribution in [0.15, 0.2) is 48.9 Å². The minimum absolute atomic E-state index is 0.0299. The molecule has 6 nitrogen and oxygen atoms in total. The highest BCUT2D eigenvalue weighted by atomic mass is 35.5. The summed E-state index contributed by atoms with van der Waals surface area (Å²) in [5.41, 5.74) is 2.79. The van der Waals surface area contributed by atoms with E-state index in [9.17, 15) is 13.6 Å². The molecule has 0 aliphatic carbocycles. The highest BCUT2D eigenvalue weighted by molar-refractivity contribution is 6.30. The molecule has 0 aliphatic rings. The number of ether oxygens (including phenoxy) is 1. The zero-order valence-corrected chi connectivity index (χ0v) is 17.4. The fourth-order valence-electron chi connectivity index (χ4n) is 3.34. The fourth-order valence-corrected chi connectivity index (χ4v) is 3.49. The van der Waals surface area contributed by atoms with Crippen LogP contribution in [0.3, 0.4) is 0 Å². The highest BCUT2D eigenvalue weighted by Crippen LogP contribution is 2.30. The van der Waals surface area contributed by atoms with Crippen LogP contribution in [0.4, 0.5) is 20.3 Å². The van der Waals surface area contributed by atoms with Gasteiger partial charge in [-0.05, 0) is 42.3 Å². The van der Waals surface area contributed by atoms with Crippen LogP contribution in [0, 0.1) is 11.6 Å². The van der Waals surface area contributed by atoms with Crippen LogP contribution >= 0.6 is 11.6 Å². The fraction of sp³-hybridized carbons (Fsp3) is 0.136. The Morgan fingerprint density at radius 3 is 2.74 bits per heavy atom. The van der Waals surface area contributed by atoms with Crippen molar-refractivity contribution in [1.82, 2.24) is 14.4 Å². The van der Waals surface area contributed by atoms with Crippen molar-refractivity contribution < 1.29 is 18.3 Å². The molecule has 4 aromatic rings. The van der Waals surface area contributed by atoms with Gasteiger partial charge in [-0.3, -0.25) is 4.40 Å². The van der Waals surface area contributed by atoms with Crippen LogP contribution in [0.25, 0.3) is 16.9 Å². The number of methoxy groups -OCH3 is 1. The third-order valence-corrected chi connectivity index (χ3v) is 5.19. The van der Waals surface area contributed by atoms with Gasteiger partial charge >= 0.3 is 5.97 Å².